The highest BCUT2D eigenvalue weighted by atomic mass is 19.2. The van der Waals surface area contributed by atoms with E-state index in [1.165, 1.54) is 82.1 Å². The van der Waals surface area contributed by atoms with Crippen LogP contribution in [-0.2, 0) is 0 Å². The second-order valence-electron chi connectivity index (χ2n) is 13.1. The normalized spacial score (nSPS) is 20.5. The number of halogens is 4. The zero-order valence-electron chi connectivity index (χ0n) is 29.0. The van der Waals surface area contributed by atoms with Crippen LogP contribution in [0.2, 0.25) is 0 Å². The summed E-state index contributed by atoms with van der Waals surface area (Å²) < 4.78 is 66.4. The maximum absolute atomic E-state index is 14.1. The third-order valence-corrected chi connectivity index (χ3v) is 9.20. The predicted molar refractivity (Wildman–Crippen MR) is 183 cm³/mol. The van der Waals surface area contributed by atoms with E-state index in [4.69, 9.17) is 9.47 Å². The third kappa shape index (κ3) is 12.4. The first kappa shape index (κ1) is 38.3. The molecule has 0 saturated heterocycles. The molecule has 2 aliphatic rings. The molecule has 2 saturated carbocycles. The van der Waals surface area contributed by atoms with E-state index in [0.717, 1.165) is 50.4 Å². The Morgan fingerprint density at radius 3 is 1.34 bits per heavy atom. The van der Waals surface area contributed by atoms with Gasteiger partial charge in [0, 0.05) is 11.8 Å². The number of unbranched alkanes of at least 4 members (excludes halogenated alkanes) is 1. The van der Waals surface area contributed by atoms with Gasteiger partial charge in [-0.15, -0.1) is 0 Å². The molecule has 0 amide bonds. The molecule has 0 atom stereocenters. The fourth-order valence-corrected chi connectivity index (χ4v) is 6.36. The molecule has 2 aromatic carbocycles. The largest absolute Gasteiger partial charge is 0.490 e. The fraction of sp³-hybridized carbons (Fsp3) is 0.610. The second kappa shape index (κ2) is 21.0. The van der Waals surface area contributed by atoms with Crippen LogP contribution in [0, 0.1) is 70.6 Å². The molecule has 2 fully saturated rings. The minimum atomic E-state index is -0.933. The monoisotopic (exact) mass is 654 g/mol. The van der Waals surface area contributed by atoms with Crippen molar-refractivity contribution in [3.05, 3.63) is 58.7 Å². The van der Waals surface area contributed by atoms with Crippen molar-refractivity contribution in [2.45, 2.75) is 124 Å². The third-order valence-electron chi connectivity index (χ3n) is 9.20. The van der Waals surface area contributed by atoms with Gasteiger partial charge in [-0.2, -0.15) is 8.78 Å². The van der Waals surface area contributed by atoms with Crippen LogP contribution in [0.25, 0.3) is 0 Å². The molecule has 0 heterocycles. The topological polar surface area (TPSA) is 18.5 Å². The zero-order valence-corrected chi connectivity index (χ0v) is 29.0. The maximum Gasteiger partial charge on any atom is 0.201 e. The van der Waals surface area contributed by atoms with Gasteiger partial charge in [-0.1, -0.05) is 83.5 Å². The van der Waals surface area contributed by atoms with Crippen LogP contribution in [0.1, 0.15) is 135 Å². The van der Waals surface area contributed by atoms with Gasteiger partial charge in [0.25, 0.3) is 0 Å². The van der Waals surface area contributed by atoms with Gasteiger partial charge in [-0.25, -0.2) is 8.78 Å². The van der Waals surface area contributed by atoms with E-state index in [9.17, 15) is 17.6 Å². The minimum Gasteiger partial charge on any atom is -0.490 e. The van der Waals surface area contributed by atoms with Crippen molar-refractivity contribution >= 4 is 0 Å². The molecule has 0 spiro atoms. The molecule has 0 bridgehead atoms. The van der Waals surface area contributed by atoms with Crippen LogP contribution in [0.5, 0.6) is 11.5 Å². The lowest BCUT2D eigenvalue weighted by molar-refractivity contribution is 0.295. The molecule has 2 aromatic rings. The Kier molecular flexibility index (Phi) is 17.1. The number of hydrogen-bond acceptors (Lipinski definition) is 2. The van der Waals surface area contributed by atoms with E-state index < -0.39 is 23.3 Å². The summed E-state index contributed by atoms with van der Waals surface area (Å²) in [6.45, 7) is 9.04. The summed E-state index contributed by atoms with van der Waals surface area (Å²) in [4.78, 5) is 0. The highest BCUT2D eigenvalue weighted by molar-refractivity contribution is 5.42. The van der Waals surface area contributed by atoms with E-state index >= 15 is 0 Å². The van der Waals surface area contributed by atoms with E-state index in [1.54, 1.807) is 0 Å². The Morgan fingerprint density at radius 1 is 0.532 bits per heavy atom. The molecular weight excluding hydrogens is 600 g/mol. The molecule has 0 radical (unpaired) electrons. The van der Waals surface area contributed by atoms with Crippen molar-refractivity contribution in [1.29, 1.82) is 0 Å². The van der Waals surface area contributed by atoms with Gasteiger partial charge in [0.2, 0.25) is 11.6 Å². The van der Waals surface area contributed by atoms with Crippen molar-refractivity contribution in [2.75, 3.05) is 13.2 Å². The lowest BCUT2D eigenvalue weighted by Crippen LogP contribution is -2.13. The SMILES string of the molecule is CCCCC1CCC(C#Cc2ccc(OCCC)c(F)c2F)CC1.CCCOc1ccc(C#CC2CCC(CCC)CC2)c(F)c1F. The van der Waals surface area contributed by atoms with Crippen LogP contribution in [0.3, 0.4) is 0 Å². The molecule has 0 N–H and O–H groups in total. The Hall–Kier alpha value is -3.12. The Balaban J connectivity index is 0.000000256. The van der Waals surface area contributed by atoms with Gasteiger partial charge >= 0.3 is 0 Å². The molecule has 0 unspecified atom stereocenters. The standard InChI is InChI=1S/C21H28F2O.C20H26F2O/c1-3-5-6-16-7-9-17(10-8-16)11-12-18-13-14-19(24-15-4-2)21(23)20(18)22;1-3-5-15-6-8-16(9-7-15)10-11-17-12-13-18(23-14-4-2)20(22)19(17)21/h13-14,16-17H,3-10,15H2,1-2H3;12-13,15-16H,3-9,14H2,1-2H3. The van der Waals surface area contributed by atoms with Gasteiger partial charge < -0.3 is 9.47 Å². The molecular formula is C41H54F4O2. The smallest absolute Gasteiger partial charge is 0.201 e. The van der Waals surface area contributed by atoms with Crippen molar-refractivity contribution in [3.8, 4) is 35.2 Å². The first-order valence-corrected chi connectivity index (χ1v) is 18.1. The van der Waals surface area contributed by atoms with E-state index in [1.807, 2.05) is 13.8 Å². The van der Waals surface area contributed by atoms with Crippen molar-refractivity contribution in [2.24, 2.45) is 23.7 Å². The first-order valence-electron chi connectivity index (χ1n) is 18.1. The first-order chi connectivity index (χ1) is 22.8. The summed E-state index contributed by atoms with van der Waals surface area (Å²) in [5.41, 5.74) is 0.256. The average Bonchev–Trinajstić information content (AvgIpc) is 3.09. The molecule has 6 heteroatoms. The molecule has 2 nitrogen and oxygen atoms in total. The summed E-state index contributed by atoms with van der Waals surface area (Å²) in [5, 5.41) is 0. The van der Waals surface area contributed by atoms with E-state index in [0.29, 0.717) is 25.0 Å². The minimum absolute atomic E-state index is 0.0312. The Bertz CT molecular complexity index is 1350. The number of benzene rings is 2. The molecule has 4 rings (SSSR count). The quantitative estimate of drug-likeness (QED) is 0.177. The molecule has 47 heavy (non-hydrogen) atoms. The summed E-state index contributed by atoms with van der Waals surface area (Å²) >= 11 is 0. The van der Waals surface area contributed by atoms with Crippen molar-refractivity contribution in [1.82, 2.24) is 0 Å². The average molecular weight is 655 g/mol. The summed E-state index contributed by atoms with van der Waals surface area (Å²) in [7, 11) is 0. The van der Waals surface area contributed by atoms with Crippen LogP contribution in [0.15, 0.2) is 24.3 Å². The highest BCUT2D eigenvalue weighted by Crippen LogP contribution is 2.33. The summed E-state index contributed by atoms with van der Waals surface area (Å²) in [6.07, 6.45) is 17.0. The highest BCUT2D eigenvalue weighted by Gasteiger charge is 2.21. The van der Waals surface area contributed by atoms with Crippen molar-refractivity contribution in [3.63, 3.8) is 0 Å². The summed E-state index contributed by atoms with van der Waals surface area (Å²) in [6, 6.07) is 5.97. The van der Waals surface area contributed by atoms with Crippen LogP contribution < -0.4 is 9.47 Å². The fourth-order valence-electron chi connectivity index (χ4n) is 6.36. The molecule has 0 aliphatic heterocycles. The Labute approximate surface area is 281 Å². The molecule has 2 aliphatic carbocycles. The lowest BCUT2D eigenvalue weighted by atomic mass is 9.80. The van der Waals surface area contributed by atoms with Gasteiger partial charge in [0.05, 0.1) is 24.3 Å². The summed E-state index contributed by atoms with van der Waals surface area (Å²) in [5.74, 6) is 10.5. The zero-order chi connectivity index (χ0) is 34.0. The van der Waals surface area contributed by atoms with Gasteiger partial charge in [-0.3, -0.25) is 0 Å². The van der Waals surface area contributed by atoms with Gasteiger partial charge in [-0.05, 0) is 100 Å². The lowest BCUT2D eigenvalue weighted by Gasteiger charge is -2.25. The number of rotatable bonds is 11. The molecule has 0 aromatic heterocycles. The van der Waals surface area contributed by atoms with Gasteiger partial charge in [0.1, 0.15) is 0 Å². The van der Waals surface area contributed by atoms with Crippen molar-refractivity contribution < 1.29 is 27.0 Å². The molecule has 258 valence electrons. The number of ether oxygens (including phenoxy) is 2. The Morgan fingerprint density at radius 2 is 0.957 bits per heavy atom. The van der Waals surface area contributed by atoms with Crippen LogP contribution >= 0.6 is 0 Å². The van der Waals surface area contributed by atoms with E-state index in [2.05, 4.69) is 37.5 Å². The van der Waals surface area contributed by atoms with E-state index in [-0.39, 0.29) is 22.6 Å². The van der Waals surface area contributed by atoms with Gasteiger partial charge in [0.15, 0.2) is 23.1 Å². The van der Waals surface area contributed by atoms with Crippen LogP contribution in [0.4, 0.5) is 17.6 Å². The van der Waals surface area contributed by atoms with Crippen LogP contribution in [-0.4, -0.2) is 13.2 Å². The number of hydrogen-bond donors (Lipinski definition) is 0. The second-order valence-corrected chi connectivity index (χ2v) is 13.1. The predicted octanol–water partition coefficient (Wildman–Crippen LogP) is 11.8. The maximum atomic E-state index is 14.1.